The van der Waals surface area contributed by atoms with Crippen LogP contribution in [0.25, 0.3) is 0 Å². The molecule has 0 aromatic carbocycles. The van der Waals surface area contributed by atoms with Gasteiger partial charge in [-0.3, -0.25) is 9.98 Å². The van der Waals surface area contributed by atoms with Crippen LogP contribution in [0.3, 0.4) is 0 Å². The largest absolute Gasteiger partial charge is 0.287 e. The summed E-state index contributed by atoms with van der Waals surface area (Å²) in [7, 11) is 0. The van der Waals surface area contributed by atoms with Crippen LogP contribution in [0.5, 0.6) is 0 Å². The van der Waals surface area contributed by atoms with Gasteiger partial charge in [0.25, 0.3) is 0 Å². The smallest absolute Gasteiger partial charge is 0.0524 e. The molecular weight excluding hydrogens is 292 g/mol. The first-order chi connectivity index (χ1) is 10.4. The van der Waals surface area contributed by atoms with E-state index in [2.05, 4.69) is 105 Å². The lowest BCUT2D eigenvalue weighted by Crippen LogP contribution is -2.09. The molecule has 0 aliphatic carbocycles. The van der Waals surface area contributed by atoms with E-state index in [1.165, 1.54) is 0 Å². The van der Waals surface area contributed by atoms with E-state index in [0.717, 1.165) is 0 Å². The highest BCUT2D eigenvalue weighted by Crippen LogP contribution is 2.15. The van der Waals surface area contributed by atoms with Crippen molar-refractivity contribution in [1.82, 2.24) is 0 Å². The number of hydrogen-bond acceptors (Lipinski definition) is 2. The molecule has 0 radical (unpaired) electrons. The highest BCUT2D eigenvalue weighted by molar-refractivity contribution is 5.71. The Balaban J connectivity index is 0. The molecular formula is C22H42N2. The van der Waals surface area contributed by atoms with Crippen molar-refractivity contribution >= 4 is 12.4 Å². The van der Waals surface area contributed by atoms with Crippen LogP contribution in [0.4, 0.5) is 0 Å². The SMILES string of the molecule is CC(C)(C)/C=C\C=NC(C)(C)C.CC(C)(C)C=N/C=C\C(C)(C)C. The van der Waals surface area contributed by atoms with Gasteiger partial charge in [0.15, 0.2) is 0 Å². The molecule has 0 spiro atoms. The zero-order chi connectivity index (χ0) is 19.7. The summed E-state index contributed by atoms with van der Waals surface area (Å²) in [5.41, 5.74) is 0.712. The lowest BCUT2D eigenvalue weighted by molar-refractivity contribution is 0.543. The molecule has 0 aliphatic heterocycles. The number of nitrogens with zero attached hydrogens (tertiary/aromatic N) is 2. The summed E-state index contributed by atoms with van der Waals surface area (Å²) in [6.45, 7) is 25.7. The van der Waals surface area contributed by atoms with Crippen molar-refractivity contribution in [3.05, 3.63) is 24.4 Å². The molecule has 0 bridgehead atoms. The minimum atomic E-state index is 0.0439. The highest BCUT2D eigenvalue weighted by atomic mass is 14.8. The highest BCUT2D eigenvalue weighted by Gasteiger charge is 2.05. The summed E-state index contributed by atoms with van der Waals surface area (Å²) in [5.74, 6) is 0. The summed E-state index contributed by atoms with van der Waals surface area (Å²) in [6.07, 6.45) is 12.0. The molecule has 0 aromatic rings. The monoisotopic (exact) mass is 334 g/mol. The number of rotatable bonds is 2. The quantitative estimate of drug-likeness (QED) is 0.480. The molecule has 0 atom stereocenters. The van der Waals surface area contributed by atoms with Crippen LogP contribution in [-0.4, -0.2) is 18.0 Å². The second-order valence-electron chi connectivity index (χ2n) is 10.5. The molecule has 2 nitrogen and oxygen atoms in total. The molecule has 24 heavy (non-hydrogen) atoms. The molecule has 0 fully saturated rings. The molecule has 0 rings (SSSR count). The average molecular weight is 335 g/mol. The van der Waals surface area contributed by atoms with E-state index in [1.54, 1.807) is 0 Å². The predicted octanol–water partition coefficient (Wildman–Crippen LogP) is 7.12. The minimum absolute atomic E-state index is 0.0439. The molecule has 0 N–H and O–H groups in total. The van der Waals surface area contributed by atoms with Crippen molar-refractivity contribution in [1.29, 1.82) is 0 Å². The van der Waals surface area contributed by atoms with Gasteiger partial charge >= 0.3 is 0 Å². The standard InChI is InChI=1S/2C11H21N/c1-10(2,3)7-8-12-9-11(4,5)6;1-10(2,3)8-7-9-12-11(4,5)6/h2*7-9H,1-6H3/b2*8-7-,12-9?. The Morgan fingerprint density at radius 1 is 0.583 bits per heavy atom. The van der Waals surface area contributed by atoms with Crippen molar-refractivity contribution in [2.75, 3.05) is 0 Å². The van der Waals surface area contributed by atoms with E-state index in [-0.39, 0.29) is 21.8 Å². The summed E-state index contributed by atoms with van der Waals surface area (Å²) in [6, 6.07) is 0. The third-order valence-electron chi connectivity index (χ3n) is 2.27. The lowest BCUT2D eigenvalue weighted by Gasteiger charge is -2.11. The molecule has 0 saturated carbocycles. The van der Waals surface area contributed by atoms with Gasteiger partial charge in [-0.15, -0.1) is 0 Å². The Kier molecular flexibility index (Phi) is 10.4. The maximum Gasteiger partial charge on any atom is 0.0524 e. The summed E-state index contributed by atoms with van der Waals surface area (Å²) in [5, 5.41) is 0. The average Bonchev–Trinajstić information content (AvgIpc) is 2.27. The summed E-state index contributed by atoms with van der Waals surface area (Å²) >= 11 is 0. The van der Waals surface area contributed by atoms with Crippen molar-refractivity contribution in [3.8, 4) is 0 Å². The number of aliphatic imine (C=N–C) groups is 2. The molecule has 140 valence electrons. The first-order valence-electron chi connectivity index (χ1n) is 8.86. The second-order valence-corrected chi connectivity index (χ2v) is 10.5. The first kappa shape index (κ1) is 25.1. The van der Waals surface area contributed by atoms with Crippen LogP contribution in [-0.2, 0) is 0 Å². The van der Waals surface area contributed by atoms with Gasteiger partial charge in [-0.1, -0.05) is 74.5 Å². The van der Waals surface area contributed by atoms with Gasteiger partial charge in [0.05, 0.1) is 5.54 Å². The lowest BCUT2D eigenvalue weighted by atomic mass is 9.96. The van der Waals surface area contributed by atoms with Crippen LogP contribution in [0.2, 0.25) is 0 Å². The van der Waals surface area contributed by atoms with E-state index in [1.807, 2.05) is 24.7 Å². The van der Waals surface area contributed by atoms with Crippen LogP contribution in [0, 0.1) is 16.2 Å². The van der Waals surface area contributed by atoms with Crippen LogP contribution in [0.15, 0.2) is 34.4 Å². The predicted molar refractivity (Wildman–Crippen MR) is 113 cm³/mol. The van der Waals surface area contributed by atoms with E-state index in [4.69, 9.17) is 0 Å². The fraction of sp³-hybridized carbons (Fsp3) is 0.727. The number of hydrogen-bond donors (Lipinski definition) is 0. The zero-order valence-electron chi connectivity index (χ0n) is 18.4. The Morgan fingerprint density at radius 3 is 1.38 bits per heavy atom. The first-order valence-corrected chi connectivity index (χ1v) is 8.86. The normalized spacial score (nSPS) is 14.8. The summed E-state index contributed by atoms with van der Waals surface area (Å²) < 4.78 is 0. The van der Waals surface area contributed by atoms with Gasteiger partial charge in [-0.25, -0.2) is 0 Å². The Bertz CT molecular complexity index is 348. The van der Waals surface area contributed by atoms with E-state index in [0.29, 0.717) is 0 Å². The van der Waals surface area contributed by atoms with Gasteiger partial charge in [0, 0.05) is 18.6 Å². The third-order valence-corrected chi connectivity index (χ3v) is 2.27. The van der Waals surface area contributed by atoms with Gasteiger partial charge in [-0.2, -0.15) is 0 Å². The maximum atomic E-state index is 4.35. The van der Waals surface area contributed by atoms with Crippen molar-refractivity contribution in [3.63, 3.8) is 0 Å². The number of allylic oxidation sites excluding steroid dienone is 3. The van der Waals surface area contributed by atoms with Crippen molar-refractivity contribution in [2.24, 2.45) is 26.2 Å². The molecule has 0 aliphatic rings. The van der Waals surface area contributed by atoms with Gasteiger partial charge in [0.2, 0.25) is 0 Å². The van der Waals surface area contributed by atoms with E-state index < -0.39 is 0 Å². The second kappa shape index (κ2) is 9.96. The zero-order valence-corrected chi connectivity index (χ0v) is 18.4. The Morgan fingerprint density at radius 2 is 1.04 bits per heavy atom. The van der Waals surface area contributed by atoms with Crippen molar-refractivity contribution in [2.45, 2.75) is 88.6 Å². The summed E-state index contributed by atoms with van der Waals surface area (Å²) in [4.78, 5) is 8.57. The fourth-order valence-corrected chi connectivity index (χ4v) is 1.13. The van der Waals surface area contributed by atoms with Gasteiger partial charge in [-0.05, 0) is 43.1 Å². The molecule has 0 saturated heterocycles. The van der Waals surface area contributed by atoms with Gasteiger partial charge in [0.1, 0.15) is 0 Å². The van der Waals surface area contributed by atoms with Crippen molar-refractivity contribution < 1.29 is 0 Å². The Labute approximate surface area is 152 Å². The molecule has 0 heterocycles. The Hall–Kier alpha value is -1.18. The molecule has 0 amide bonds. The van der Waals surface area contributed by atoms with E-state index in [9.17, 15) is 0 Å². The fourth-order valence-electron chi connectivity index (χ4n) is 1.13. The molecule has 0 aromatic heterocycles. The minimum Gasteiger partial charge on any atom is -0.287 e. The maximum absolute atomic E-state index is 4.35. The van der Waals surface area contributed by atoms with E-state index >= 15 is 0 Å². The molecule has 0 unspecified atom stereocenters. The molecule has 2 heteroatoms. The van der Waals surface area contributed by atoms with Crippen LogP contribution >= 0.6 is 0 Å². The topological polar surface area (TPSA) is 24.7 Å². The van der Waals surface area contributed by atoms with Gasteiger partial charge < -0.3 is 0 Å². The van der Waals surface area contributed by atoms with Crippen LogP contribution < -0.4 is 0 Å². The van der Waals surface area contributed by atoms with Crippen LogP contribution in [0.1, 0.15) is 83.1 Å². The third kappa shape index (κ3) is 28.9.